The van der Waals surface area contributed by atoms with Gasteiger partial charge in [-0.05, 0) is 30.6 Å². The van der Waals surface area contributed by atoms with Crippen molar-refractivity contribution in [3.05, 3.63) is 0 Å². The first-order chi connectivity index (χ1) is 7.47. The topological polar surface area (TPSA) is 46.5 Å². The summed E-state index contributed by atoms with van der Waals surface area (Å²) in [5.74, 6) is 0.340. The summed E-state index contributed by atoms with van der Waals surface area (Å²) in [5.41, 5.74) is -0.168. The third kappa shape index (κ3) is 1.10. The fraction of sp³-hybridized carbons (Fsp3) is 0.923. The lowest BCUT2D eigenvalue weighted by Crippen LogP contribution is -2.52. The van der Waals surface area contributed by atoms with Crippen molar-refractivity contribution in [3.8, 4) is 0 Å². The van der Waals surface area contributed by atoms with E-state index in [1.165, 1.54) is 0 Å². The summed E-state index contributed by atoms with van der Waals surface area (Å²) >= 11 is 0. The Kier molecular flexibility index (Phi) is 1.99. The van der Waals surface area contributed by atoms with Crippen molar-refractivity contribution in [1.29, 1.82) is 0 Å². The van der Waals surface area contributed by atoms with Crippen LogP contribution in [0.1, 0.15) is 39.5 Å². The Morgan fingerprint density at radius 3 is 2.94 bits per heavy atom. The third-order valence-corrected chi connectivity index (χ3v) is 5.45. The molecular weight excluding hydrogens is 204 g/mol. The maximum Gasteiger partial charge on any atom is 0.309 e. The van der Waals surface area contributed by atoms with Gasteiger partial charge in [-0.25, -0.2) is 0 Å². The number of fused-ring (bicyclic) bond motifs is 3. The van der Waals surface area contributed by atoms with Gasteiger partial charge in [0.1, 0.15) is 0 Å². The first-order valence-electron chi connectivity index (χ1n) is 6.32. The summed E-state index contributed by atoms with van der Waals surface area (Å²) < 4.78 is 5.25. The van der Waals surface area contributed by atoms with Crippen molar-refractivity contribution in [2.24, 2.45) is 22.7 Å². The molecule has 0 bridgehead atoms. The van der Waals surface area contributed by atoms with Crippen molar-refractivity contribution >= 4 is 5.97 Å². The van der Waals surface area contributed by atoms with Crippen molar-refractivity contribution in [3.63, 3.8) is 0 Å². The fourth-order valence-corrected chi connectivity index (χ4v) is 4.39. The van der Waals surface area contributed by atoms with Gasteiger partial charge in [0, 0.05) is 5.41 Å². The van der Waals surface area contributed by atoms with Crippen LogP contribution in [0, 0.1) is 22.7 Å². The Bertz CT molecular complexity index is 340. The SMILES string of the molecule is CC12CCCC1C1C(=O)OC[C@]1(C)C[C@H]2O. The molecule has 16 heavy (non-hydrogen) atoms. The van der Waals surface area contributed by atoms with Gasteiger partial charge in [-0.2, -0.15) is 0 Å². The lowest BCUT2D eigenvalue weighted by Gasteiger charge is -2.49. The number of rotatable bonds is 0. The number of hydrogen-bond donors (Lipinski definition) is 1. The molecule has 3 unspecified atom stereocenters. The maximum absolute atomic E-state index is 11.9. The quantitative estimate of drug-likeness (QED) is 0.637. The number of carbonyl (C=O) groups is 1. The van der Waals surface area contributed by atoms with Gasteiger partial charge in [0.2, 0.25) is 0 Å². The van der Waals surface area contributed by atoms with E-state index in [2.05, 4.69) is 13.8 Å². The molecule has 0 spiro atoms. The molecule has 0 radical (unpaired) electrons. The average Bonchev–Trinajstić information content (AvgIpc) is 2.70. The summed E-state index contributed by atoms with van der Waals surface area (Å²) in [6.07, 6.45) is 3.71. The maximum atomic E-state index is 11.9. The van der Waals surface area contributed by atoms with E-state index in [1.807, 2.05) is 0 Å². The van der Waals surface area contributed by atoms with E-state index in [0.29, 0.717) is 12.5 Å². The highest BCUT2D eigenvalue weighted by molar-refractivity contribution is 5.76. The van der Waals surface area contributed by atoms with Crippen LogP contribution in [-0.2, 0) is 9.53 Å². The number of cyclic esters (lactones) is 1. The van der Waals surface area contributed by atoms with Gasteiger partial charge in [0.05, 0.1) is 18.6 Å². The number of ether oxygens (including phenoxy) is 1. The molecule has 3 fully saturated rings. The Labute approximate surface area is 96.2 Å². The van der Waals surface area contributed by atoms with Crippen LogP contribution in [0.15, 0.2) is 0 Å². The van der Waals surface area contributed by atoms with Crippen LogP contribution in [0.4, 0.5) is 0 Å². The van der Waals surface area contributed by atoms with E-state index in [9.17, 15) is 9.90 Å². The standard InChI is InChI=1S/C13H20O3/c1-12-6-9(14)13(2)5-3-4-8(13)10(12)11(15)16-7-12/h8-10,14H,3-7H2,1-2H3/t8?,9-,10?,12+,13?/m1/s1. The van der Waals surface area contributed by atoms with Crippen LogP contribution in [0.3, 0.4) is 0 Å². The molecule has 3 heteroatoms. The molecule has 1 aliphatic heterocycles. The Morgan fingerprint density at radius 1 is 1.44 bits per heavy atom. The average molecular weight is 224 g/mol. The number of aliphatic hydroxyl groups is 1. The van der Waals surface area contributed by atoms with Crippen molar-refractivity contribution in [2.45, 2.75) is 45.6 Å². The van der Waals surface area contributed by atoms with Gasteiger partial charge in [0.25, 0.3) is 0 Å². The highest BCUT2D eigenvalue weighted by Crippen LogP contribution is 2.61. The highest BCUT2D eigenvalue weighted by Gasteiger charge is 2.63. The van der Waals surface area contributed by atoms with E-state index in [4.69, 9.17) is 4.74 Å². The molecular formula is C13H20O3. The Balaban J connectivity index is 2.03. The zero-order chi connectivity index (χ0) is 11.6. The zero-order valence-electron chi connectivity index (χ0n) is 10.0. The minimum Gasteiger partial charge on any atom is -0.465 e. The third-order valence-electron chi connectivity index (χ3n) is 5.45. The molecule has 0 aromatic heterocycles. The molecule has 3 nitrogen and oxygen atoms in total. The predicted molar refractivity (Wildman–Crippen MR) is 58.6 cm³/mol. The predicted octanol–water partition coefficient (Wildman–Crippen LogP) is 1.74. The fourth-order valence-electron chi connectivity index (χ4n) is 4.39. The van der Waals surface area contributed by atoms with Crippen LogP contribution in [0.25, 0.3) is 0 Å². The van der Waals surface area contributed by atoms with E-state index in [-0.39, 0.29) is 28.8 Å². The molecule has 1 saturated heterocycles. The minimum absolute atomic E-state index is 0.0208. The number of aliphatic hydroxyl groups excluding tert-OH is 1. The van der Waals surface area contributed by atoms with E-state index >= 15 is 0 Å². The molecule has 3 rings (SSSR count). The molecule has 3 aliphatic rings. The summed E-state index contributed by atoms with van der Waals surface area (Å²) in [6, 6.07) is 0. The molecule has 5 atom stereocenters. The molecule has 2 aliphatic carbocycles. The lowest BCUT2D eigenvalue weighted by molar-refractivity contribution is -0.149. The van der Waals surface area contributed by atoms with Crippen LogP contribution < -0.4 is 0 Å². The monoisotopic (exact) mass is 224 g/mol. The van der Waals surface area contributed by atoms with Gasteiger partial charge in [0.15, 0.2) is 0 Å². The van der Waals surface area contributed by atoms with Crippen molar-refractivity contribution < 1.29 is 14.6 Å². The van der Waals surface area contributed by atoms with E-state index in [1.54, 1.807) is 0 Å². The van der Waals surface area contributed by atoms with Crippen LogP contribution in [0.5, 0.6) is 0 Å². The second kappa shape index (κ2) is 3.00. The van der Waals surface area contributed by atoms with Crippen LogP contribution in [0.2, 0.25) is 0 Å². The first-order valence-corrected chi connectivity index (χ1v) is 6.32. The highest BCUT2D eigenvalue weighted by atomic mass is 16.5. The largest absolute Gasteiger partial charge is 0.465 e. The second-order valence-electron chi connectivity index (χ2n) is 6.46. The summed E-state index contributed by atoms with van der Waals surface area (Å²) in [5, 5.41) is 10.4. The summed E-state index contributed by atoms with van der Waals surface area (Å²) in [7, 11) is 0. The Hall–Kier alpha value is -0.570. The van der Waals surface area contributed by atoms with Gasteiger partial charge in [-0.1, -0.05) is 20.3 Å². The van der Waals surface area contributed by atoms with Crippen molar-refractivity contribution in [2.75, 3.05) is 6.61 Å². The molecule has 1 heterocycles. The smallest absolute Gasteiger partial charge is 0.309 e. The molecule has 0 amide bonds. The van der Waals surface area contributed by atoms with Gasteiger partial charge in [-0.15, -0.1) is 0 Å². The van der Waals surface area contributed by atoms with E-state index in [0.717, 1.165) is 25.7 Å². The van der Waals surface area contributed by atoms with Gasteiger partial charge in [-0.3, -0.25) is 4.79 Å². The number of carbonyl (C=O) groups excluding carboxylic acids is 1. The lowest BCUT2D eigenvalue weighted by atomic mass is 9.54. The first kappa shape index (κ1) is 10.6. The van der Waals surface area contributed by atoms with Crippen molar-refractivity contribution in [1.82, 2.24) is 0 Å². The Morgan fingerprint density at radius 2 is 2.19 bits per heavy atom. The molecule has 0 aromatic carbocycles. The van der Waals surface area contributed by atoms with Crippen LogP contribution >= 0.6 is 0 Å². The molecule has 90 valence electrons. The summed E-state index contributed by atoms with van der Waals surface area (Å²) in [4.78, 5) is 11.9. The normalized spacial score (nSPS) is 55.7. The molecule has 1 N–H and O–H groups in total. The minimum atomic E-state index is -0.268. The summed E-state index contributed by atoms with van der Waals surface area (Å²) in [6.45, 7) is 4.75. The van der Waals surface area contributed by atoms with E-state index < -0.39 is 0 Å². The van der Waals surface area contributed by atoms with Gasteiger partial charge >= 0.3 is 5.97 Å². The number of esters is 1. The number of hydrogen-bond acceptors (Lipinski definition) is 3. The zero-order valence-corrected chi connectivity index (χ0v) is 10.0. The molecule has 0 aromatic rings. The van der Waals surface area contributed by atoms with Gasteiger partial charge < -0.3 is 9.84 Å². The second-order valence-corrected chi connectivity index (χ2v) is 6.46. The van der Waals surface area contributed by atoms with Crippen LogP contribution in [-0.4, -0.2) is 23.8 Å². The molecule has 2 saturated carbocycles.